The van der Waals surface area contributed by atoms with E-state index in [1.54, 1.807) is 11.8 Å². The number of hydrogen-bond acceptors (Lipinski definition) is 7. The minimum atomic E-state index is -0.517. The average Bonchev–Trinajstić information content (AvgIpc) is 3.41. The van der Waals surface area contributed by atoms with Crippen LogP contribution >= 0.6 is 23.5 Å². The zero-order chi connectivity index (χ0) is 28.4. The summed E-state index contributed by atoms with van der Waals surface area (Å²) in [5, 5.41) is 6.95. The van der Waals surface area contributed by atoms with Gasteiger partial charge in [-0.1, -0.05) is 49.6 Å². The van der Waals surface area contributed by atoms with Gasteiger partial charge in [-0.2, -0.15) is 11.8 Å². The Balaban J connectivity index is 1.28. The highest BCUT2D eigenvalue weighted by Crippen LogP contribution is 2.27. The van der Waals surface area contributed by atoms with Crippen LogP contribution in [0.3, 0.4) is 0 Å². The average molecular weight is 591 g/mol. The molecule has 224 valence electrons. The Kier molecular flexibility index (Phi) is 12.4. The van der Waals surface area contributed by atoms with E-state index in [0.29, 0.717) is 12.4 Å². The van der Waals surface area contributed by atoms with Crippen LogP contribution in [0.15, 0.2) is 30.3 Å². The van der Waals surface area contributed by atoms with Crippen molar-refractivity contribution in [1.82, 2.24) is 20.4 Å². The van der Waals surface area contributed by atoms with Crippen LogP contribution in [0.5, 0.6) is 0 Å². The first kappa shape index (κ1) is 31.5. The van der Waals surface area contributed by atoms with Crippen LogP contribution < -0.4 is 10.6 Å². The predicted molar refractivity (Wildman–Crippen MR) is 168 cm³/mol. The van der Waals surface area contributed by atoms with Gasteiger partial charge in [-0.05, 0) is 63.7 Å². The van der Waals surface area contributed by atoms with E-state index < -0.39 is 5.60 Å². The van der Waals surface area contributed by atoms with Gasteiger partial charge in [0, 0.05) is 43.7 Å². The van der Waals surface area contributed by atoms with Gasteiger partial charge in [-0.25, -0.2) is 4.79 Å². The molecule has 2 heterocycles. The van der Waals surface area contributed by atoms with Gasteiger partial charge in [0.25, 0.3) is 0 Å². The second-order valence-electron chi connectivity index (χ2n) is 12.7. The Morgan fingerprint density at radius 1 is 1.07 bits per heavy atom. The number of nitrogens with zero attached hydrogens (tertiary/aromatic N) is 2. The maximum Gasteiger partial charge on any atom is 0.411 e. The molecule has 0 spiro atoms. The molecule has 0 radical (unpaired) electrons. The van der Waals surface area contributed by atoms with Crippen molar-refractivity contribution in [1.29, 1.82) is 0 Å². The van der Waals surface area contributed by atoms with E-state index in [4.69, 9.17) is 4.74 Å². The Labute approximate surface area is 250 Å². The summed E-state index contributed by atoms with van der Waals surface area (Å²) >= 11 is 3.66. The van der Waals surface area contributed by atoms with E-state index in [-0.39, 0.29) is 30.1 Å². The van der Waals surface area contributed by atoms with E-state index in [0.717, 1.165) is 55.7 Å². The van der Waals surface area contributed by atoms with Crippen LogP contribution in [0.2, 0.25) is 0 Å². The highest BCUT2D eigenvalue weighted by atomic mass is 32.2. The molecule has 7 nitrogen and oxygen atoms in total. The topological polar surface area (TPSA) is 73.9 Å². The number of rotatable bonds is 11. The molecule has 1 aromatic carbocycles. The lowest BCUT2D eigenvalue weighted by atomic mass is 9.91. The number of thioether (sulfide) groups is 2. The summed E-state index contributed by atoms with van der Waals surface area (Å²) < 4.78 is 5.64. The standard InChI is InChI=1S/C31H50N4O3S2/c1-31(2,3)38-30(37)35-23-40-21-27(35)18-32-28(22-39-20-25-12-8-5-9-13-25)29(36)33-26-14-16-34(17-15-26)19-24-10-6-4-7-11-24/h4,6-7,10-11,25-28,32H,5,8-9,12-23H2,1-3H3,(H,33,36)/t27-,28?/m1/s1. The molecule has 9 heteroatoms. The van der Waals surface area contributed by atoms with E-state index in [1.807, 2.05) is 37.4 Å². The molecular weight excluding hydrogens is 541 g/mol. The van der Waals surface area contributed by atoms with Crippen LogP contribution in [0.1, 0.15) is 71.3 Å². The van der Waals surface area contributed by atoms with Crippen molar-refractivity contribution in [3.05, 3.63) is 35.9 Å². The molecule has 3 aliphatic rings. The van der Waals surface area contributed by atoms with Gasteiger partial charge in [-0.3, -0.25) is 14.6 Å². The molecule has 40 heavy (non-hydrogen) atoms. The Hall–Kier alpha value is -1.42. The minimum absolute atomic E-state index is 0.0275. The van der Waals surface area contributed by atoms with Gasteiger partial charge >= 0.3 is 6.09 Å². The van der Waals surface area contributed by atoms with Crippen molar-refractivity contribution >= 4 is 35.5 Å². The fourth-order valence-corrected chi connectivity index (χ4v) is 8.26. The lowest BCUT2D eigenvalue weighted by molar-refractivity contribution is -0.123. The molecule has 2 N–H and O–H groups in total. The molecule has 2 atom stereocenters. The van der Waals surface area contributed by atoms with Crippen molar-refractivity contribution in [2.75, 3.05) is 42.8 Å². The van der Waals surface area contributed by atoms with Crippen LogP contribution in [0.25, 0.3) is 0 Å². The molecule has 1 aromatic rings. The second kappa shape index (κ2) is 15.7. The maximum atomic E-state index is 13.6. The Morgan fingerprint density at radius 3 is 2.50 bits per heavy atom. The number of nitrogens with one attached hydrogen (secondary N) is 2. The predicted octanol–water partition coefficient (Wildman–Crippen LogP) is 5.35. The summed E-state index contributed by atoms with van der Waals surface area (Å²) in [7, 11) is 0. The first-order chi connectivity index (χ1) is 19.3. The number of carbonyl (C=O) groups is 2. The lowest BCUT2D eigenvalue weighted by Gasteiger charge is -2.33. The summed E-state index contributed by atoms with van der Waals surface area (Å²) in [4.78, 5) is 30.6. The van der Waals surface area contributed by atoms with Gasteiger partial charge in [-0.15, -0.1) is 11.8 Å². The fraction of sp³-hybridized carbons (Fsp3) is 0.742. The van der Waals surface area contributed by atoms with Gasteiger partial charge in [0.15, 0.2) is 0 Å². The number of hydrogen-bond donors (Lipinski definition) is 2. The number of ether oxygens (including phenoxy) is 1. The quantitative estimate of drug-likeness (QED) is 0.360. The molecule has 3 fully saturated rings. The third-order valence-corrected chi connectivity index (χ3v) is 10.4. The van der Waals surface area contributed by atoms with Crippen LogP contribution in [0, 0.1) is 5.92 Å². The van der Waals surface area contributed by atoms with Crippen molar-refractivity contribution in [2.24, 2.45) is 5.92 Å². The SMILES string of the molecule is CC(C)(C)OC(=O)N1CSC[C@H]1CNC(CSCC1CCCCC1)C(=O)NC1CCN(Cc2ccccc2)CC1. The molecule has 1 aliphatic carbocycles. The zero-order valence-corrected chi connectivity index (χ0v) is 26.4. The number of likely N-dealkylation sites (tertiary alicyclic amines) is 1. The molecule has 2 amide bonds. The van der Waals surface area contributed by atoms with Gasteiger partial charge in [0.2, 0.25) is 5.91 Å². The van der Waals surface area contributed by atoms with E-state index in [2.05, 4.69) is 45.9 Å². The van der Waals surface area contributed by atoms with Gasteiger partial charge in [0.1, 0.15) is 5.60 Å². The van der Waals surface area contributed by atoms with E-state index >= 15 is 0 Å². The maximum absolute atomic E-state index is 13.6. The zero-order valence-electron chi connectivity index (χ0n) is 24.7. The Bertz CT molecular complexity index is 915. The molecule has 1 saturated carbocycles. The number of carbonyl (C=O) groups excluding carboxylic acids is 2. The highest BCUT2D eigenvalue weighted by Gasteiger charge is 2.34. The monoisotopic (exact) mass is 590 g/mol. The minimum Gasteiger partial charge on any atom is -0.444 e. The van der Waals surface area contributed by atoms with Crippen molar-refractivity contribution in [3.8, 4) is 0 Å². The highest BCUT2D eigenvalue weighted by molar-refractivity contribution is 7.99. The van der Waals surface area contributed by atoms with E-state index in [1.165, 1.54) is 37.7 Å². The molecule has 2 saturated heterocycles. The van der Waals surface area contributed by atoms with Crippen LogP contribution in [0.4, 0.5) is 4.79 Å². The summed E-state index contributed by atoms with van der Waals surface area (Å²) in [5.41, 5.74) is 0.826. The van der Waals surface area contributed by atoms with Crippen molar-refractivity contribution in [3.63, 3.8) is 0 Å². The van der Waals surface area contributed by atoms with Crippen LogP contribution in [-0.2, 0) is 16.1 Å². The number of amides is 2. The van der Waals surface area contributed by atoms with Crippen LogP contribution in [-0.4, -0.2) is 88.3 Å². The van der Waals surface area contributed by atoms with Gasteiger partial charge < -0.3 is 15.4 Å². The second-order valence-corrected chi connectivity index (χ2v) is 14.7. The third-order valence-electron chi connectivity index (χ3n) is 8.07. The molecular formula is C31H50N4O3S2. The summed E-state index contributed by atoms with van der Waals surface area (Å²) in [6.07, 6.45) is 8.39. The smallest absolute Gasteiger partial charge is 0.411 e. The fourth-order valence-electron chi connectivity index (χ4n) is 5.76. The molecule has 0 bridgehead atoms. The normalized spacial score (nSPS) is 22.3. The summed E-state index contributed by atoms with van der Waals surface area (Å²) in [6, 6.07) is 10.6. The molecule has 1 unspecified atom stereocenters. The first-order valence-electron chi connectivity index (χ1n) is 15.2. The largest absolute Gasteiger partial charge is 0.444 e. The third kappa shape index (κ3) is 10.4. The number of benzene rings is 1. The lowest BCUT2D eigenvalue weighted by Crippen LogP contribution is -2.54. The summed E-state index contributed by atoms with van der Waals surface area (Å²) in [6.45, 7) is 9.27. The van der Waals surface area contributed by atoms with Crippen molar-refractivity contribution < 1.29 is 14.3 Å². The Morgan fingerprint density at radius 2 is 1.80 bits per heavy atom. The van der Waals surface area contributed by atoms with Crippen molar-refractivity contribution in [2.45, 2.75) is 96.0 Å². The van der Waals surface area contributed by atoms with E-state index in [9.17, 15) is 9.59 Å². The van der Waals surface area contributed by atoms with Gasteiger partial charge in [0.05, 0.1) is 18.0 Å². The molecule has 0 aromatic heterocycles. The summed E-state index contributed by atoms with van der Waals surface area (Å²) in [5.74, 6) is 4.28. The molecule has 4 rings (SSSR count). The first-order valence-corrected chi connectivity index (χ1v) is 17.5. The molecule has 2 aliphatic heterocycles. The number of piperidine rings is 1.